The van der Waals surface area contributed by atoms with Crippen molar-refractivity contribution in [2.75, 3.05) is 25.1 Å². The number of ether oxygens (including phenoxy) is 2. The van der Waals surface area contributed by atoms with Gasteiger partial charge in [0.2, 0.25) is 5.91 Å². The third-order valence-corrected chi connectivity index (χ3v) is 5.04. The Bertz CT molecular complexity index is 944. The number of halogens is 1. The summed E-state index contributed by atoms with van der Waals surface area (Å²) in [7, 11) is 0. The lowest BCUT2D eigenvalue weighted by Crippen LogP contribution is -2.47. The van der Waals surface area contributed by atoms with E-state index in [1.807, 2.05) is 32.0 Å². The maximum absolute atomic E-state index is 12.9. The number of nitrogens with one attached hydrogen (secondary N) is 1. The fraction of sp³-hybridized carbons (Fsp3) is 0.348. The molecule has 8 heteroatoms. The molecule has 2 aromatic rings. The molecule has 0 saturated heterocycles. The zero-order valence-corrected chi connectivity index (χ0v) is 19.4. The van der Waals surface area contributed by atoms with Crippen LogP contribution in [0.4, 0.5) is 5.69 Å². The summed E-state index contributed by atoms with van der Waals surface area (Å²) in [5.74, 6) is 0.115. The van der Waals surface area contributed by atoms with Gasteiger partial charge in [0.15, 0.2) is 18.1 Å². The monoisotopic (exact) mass is 487 g/mol. The fourth-order valence-electron chi connectivity index (χ4n) is 2.94. The molecule has 0 aromatic heterocycles. The zero-order chi connectivity index (χ0) is 22.8. The van der Waals surface area contributed by atoms with E-state index < -0.39 is 6.04 Å². The SMILES string of the molecule is CCCN(C(=O)COc1c(Br)cc(C#N)cc1OCC)C(C)C(=O)Nc1ccccc1. The number of amides is 2. The van der Waals surface area contributed by atoms with Gasteiger partial charge in [0, 0.05) is 18.3 Å². The van der Waals surface area contributed by atoms with Crippen LogP contribution in [-0.4, -0.2) is 42.5 Å². The molecule has 2 aromatic carbocycles. The summed E-state index contributed by atoms with van der Waals surface area (Å²) in [6.45, 7) is 5.97. The van der Waals surface area contributed by atoms with Crippen molar-refractivity contribution in [1.29, 1.82) is 5.26 Å². The Labute approximate surface area is 191 Å². The van der Waals surface area contributed by atoms with Gasteiger partial charge in [-0.2, -0.15) is 5.26 Å². The third-order valence-electron chi connectivity index (χ3n) is 4.45. The van der Waals surface area contributed by atoms with E-state index in [2.05, 4.69) is 27.3 Å². The first-order chi connectivity index (χ1) is 14.9. The van der Waals surface area contributed by atoms with Crippen molar-refractivity contribution in [2.24, 2.45) is 0 Å². The molecule has 0 fully saturated rings. The quantitative estimate of drug-likeness (QED) is 0.537. The number of nitriles is 1. The first-order valence-electron chi connectivity index (χ1n) is 10.1. The molecule has 0 aliphatic carbocycles. The number of hydrogen-bond acceptors (Lipinski definition) is 5. The number of carbonyl (C=O) groups excluding carboxylic acids is 2. The summed E-state index contributed by atoms with van der Waals surface area (Å²) in [6, 6.07) is 13.6. The summed E-state index contributed by atoms with van der Waals surface area (Å²) in [4.78, 5) is 27.1. The number of rotatable bonds is 10. The molecule has 2 amide bonds. The Hall–Kier alpha value is -3.05. The first-order valence-corrected chi connectivity index (χ1v) is 10.8. The number of nitrogens with zero attached hydrogens (tertiary/aromatic N) is 2. The smallest absolute Gasteiger partial charge is 0.261 e. The van der Waals surface area contributed by atoms with E-state index in [-0.39, 0.29) is 18.4 Å². The lowest BCUT2D eigenvalue weighted by molar-refractivity contribution is -0.139. The minimum atomic E-state index is -0.674. The predicted molar refractivity (Wildman–Crippen MR) is 122 cm³/mol. The van der Waals surface area contributed by atoms with Gasteiger partial charge in [-0.15, -0.1) is 0 Å². The van der Waals surface area contributed by atoms with Crippen molar-refractivity contribution in [3.63, 3.8) is 0 Å². The largest absolute Gasteiger partial charge is 0.490 e. The summed E-state index contributed by atoms with van der Waals surface area (Å²) >= 11 is 3.37. The van der Waals surface area contributed by atoms with Gasteiger partial charge in [0.05, 0.1) is 22.7 Å². The molecule has 0 aliphatic rings. The molecule has 1 atom stereocenters. The highest BCUT2D eigenvalue weighted by Gasteiger charge is 2.26. The Balaban J connectivity index is 2.12. The van der Waals surface area contributed by atoms with Gasteiger partial charge in [-0.25, -0.2) is 0 Å². The lowest BCUT2D eigenvalue weighted by atomic mass is 10.2. The van der Waals surface area contributed by atoms with Gasteiger partial charge in [-0.3, -0.25) is 9.59 Å². The highest BCUT2D eigenvalue weighted by Crippen LogP contribution is 2.36. The lowest BCUT2D eigenvalue weighted by Gasteiger charge is -2.28. The summed E-state index contributed by atoms with van der Waals surface area (Å²) < 4.78 is 11.8. The van der Waals surface area contributed by atoms with Crippen LogP contribution in [-0.2, 0) is 9.59 Å². The maximum atomic E-state index is 12.9. The van der Waals surface area contributed by atoms with E-state index in [1.54, 1.807) is 31.2 Å². The van der Waals surface area contributed by atoms with E-state index in [1.165, 1.54) is 4.90 Å². The molecule has 31 heavy (non-hydrogen) atoms. The van der Waals surface area contributed by atoms with Crippen LogP contribution in [0.2, 0.25) is 0 Å². The average molecular weight is 488 g/mol. The summed E-state index contributed by atoms with van der Waals surface area (Å²) in [6.07, 6.45) is 0.694. The van der Waals surface area contributed by atoms with Crippen molar-refractivity contribution < 1.29 is 19.1 Å². The molecule has 0 radical (unpaired) electrons. The van der Waals surface area contributed by atoms with Crippen molar-refractivity contribution in [1.82, 2.24) is 4.90 Å². The van der Waals surface area contributed by atoms with Crippen molar-refractivity contribution in [2.45, 2.75) is 33.2 Å². The zero-order valence-electron chi connectivity index (χ0n) is 17.9. The molecule has 2 rings (SSSR count). The van der Waals surface area contributed by atoms with E-state index in [0.29, 0.717) is 46.8 Å². The second kappa shape index (κ2) is 12.0. The predicted octanol–water partition coefficient (Wildman–Crippen LogP) is 4.36. The fourth-order valence-corrected chi connectivity index (χ4v) is 3.49. The summed E-state index contributed by atoms with van der Waals surface area (Å²) in [5.41, 5.74) is 1.08. The van der Waals surface area contributed by atoms with E-state index in [9.17, 15) is 9.59 Å². The molecular formula is C23H26BrN3O4. The van der Waals surface area contributed by atoms with Gasteiger partial charge >= 0.3 is 0 Å². The van der Waals surface area contributed by atoms with Crippen LogP contribution in [0.15, 0.2) is 46.9 Å². The average Bonchev–Trinajstić information content (AvgIpc) is 2.76. The number of hydrogen-bond donors (Lipinski definition) is 1. The van der Waals surface area contributed by atoms with Crippen LogP contribution in [0.5, 0.6) is 11.5 Å². The molecule has 0 bridgehead atoms. The molecule has 7 nitrogen and oxygen atoms in total. The molecule has 1 unspecified atom stereocenters. The topological polar surface area (TPSA) is 91.7 Å². The summed E-state index contributed by atoms with van der Waals surface area (Å²) in [5, 5.41) is 12.0. The van der Waals surface area contributed by atoms with Crippen LogP contribution >= 0.6 is 15.9 Å². The number of para-hydroxylation sites is 1. The number of carbonyl (C=O) groups is 2. The van der Waals surface area contributed by atoms with Gasteiger partial charge in [0.25, 0.3) is 5.91 Å². The minimum absolute atomic E-state index is 0.270. The Morgan fingerprint density at radius 1 is 1.19 bits per heavy atom. The second-order valence-corrected chi connectivity index (χ2v) is 7.59. The number of anilines is 1. The molecule has 0 aliphatic heterocycles. The maximum Gasteiger partial charge on any atom is 0.261 e. The highest BCUT2D eigenvalue weighted by atomic mass is 79.9. The van der Waals surface area contributed by atoms with Crippen LogP contribution in [0.3, 0.4) is 0 Å². The van der Waals surface area contributed by atoms with Crippen LogP contribution in [0.25, 0.3) is 0 Å². The van der Waals surface area contributed by atoms with E-state index >= 15 is 0 Å². The van der Waals surface area contributed by atoms with Gasteiger partial charge in [-0.05, 0) is 54.4 Å². The Morgan fingerprint density at radius 2 is 1.90 bits per heavy atom. The van der Waals surface area contributed by atoms with Crippen molar-refractivity contribution in [3.05, 3.63) is 52.5 Å². The minimum Gasteiger partial charge on any atom is -0.490 e. The van der Waals surface area contributed by atoms with Gasteiger partial charge < -0.3 is 19.7 Å². The second-order valence-electron chi connectivity index (χ2n) is 6.74. The molecule has 0 heterocycles. The molecule has 164 valence electrons. The highest BCUT2D eigenvalue weighted by molar-refractivity contribution is 9.10. The molecular weight excluding hydrogens is 462 g/mol. The van der Waals surface area contributed by atoms with Gasteiger partial charge in [0.1, 0.15) is 6.04 Å². The van der Waals surface area contributed by atoms with Crippen LogP contribution in [0.1, 0.15) is 32.8 Å². The van der Waals surface area contributed by atoms with Gasteiger partial charge in [-0.1, -0.05) is 25.1 Å². The van der Waals surface area contributed by atoms with E-state index in [4.69, 9.17) is 14.7 Å². The Morgan fingerprint density at radius 3 is 2.52 bits per heavy atom. The van der Waals surface area contributed by atoms with E-state index in [0.717, 1.165) is 0 Å². The van der Waals surface area contributed by atoms with Crippen molar-refractivity contribution >= 4 is 33.4 Å². The number of benzene rings is 2. The third kappa shape index (κ3) is 6.72. The normalized spacial score (nSPS) is 11.2. The van der Waals surface area contributed by atoms with Crippen LogP contribution in [0, 0.1) is 11.3 Å². The Kier molecular flexibility index (Phi) is 9.35. The van der Waals surface area contributed by atoms with Crippen LogP contribution < -0.4 is 14.8 Å². The molecule has 1 N–H and O–H groups in total. The standard InChI is InChI=1S/C23H26BrN3O4/c1-4-11-27(16(3)23(29)26-18-9-7-6-8-10-18)21(28)15-31-22-19(24)12-17(14-25)13-20(22)30-5-2/h6-10,12-13,16H,4-5,11,15H2,1-3H3,(H,26,29). The van der Waals surface area contributed by atoms with Crippen molar-refractivity contribution in [3.8, 4) is 17.6 Å². The molecule has 0 saturated carbocycles. The molecule has 0 spiro atoms. The first kappa shape index (κ1) is 24.2.